The fraction of sp³-hybridized carbons (Fsp3) is 0.333. The van der Waals surface area contributed by atoms with E-state index in [9.17, 15) is 13.2 Å². The number of nitrogens with two attached hydrogens (primary N) is 1. The lowest BCUT2D eigenvalue weighted by atomic mass is 10.2. The Morgan fingerprint density at radius 3 is 2.73 bits per heavy atom. The summed E-state index contributed by atoms with van der Waals surface area (Å²) in [7, 11) is -2.07. The van der Waals surface area contributed by atoms with E-state index in [1.165, 1.54) is 22.5 Å². The molecule has 142 valence electrons. The average molecular weight is 420 g/mol. The smallest absolute Gasteiger partial charge is 0.248 e. The minimum Gasteiger partial charge on any atom is -0.366 e. The Hall–Kier alpha value is -1.65. The van der Waals surface area contributed by atoms with Crippen molar-refractivity contribution < 1.29 is 13.2 Å². The predicted octanol–water partition coefficient (Wildman–Crippen LogP) is 0.929. The maximum atomic E-state index is 13.2. The van der Waals surface area contributed by atoms with Crippen molar-refractivity contribution in [2.75, 3.05) is 19.6 Å². The van der Waals surface area contributed by atoms with Crippen LogP contribution in [0.3, 0.4) is 0 Å². The second kappa shape index (κ2) is 7.93. The number of imidazole rings is 1. The largest absolute Gasteiger partial charge is 0.366 e. The third kappa shape index (κ3) is 3.86. The Balaban J connectivity index is 0.00000243. The molecule has 0 aliphatic carbocycles. The number of nitrogens with zero attached hydrogens (tertiary/aromatic N) is 3. The van der Waals surface area contributed by atoms with Gasteiger partial charge in [-0.25, -0.2) is 13.4 Å². The van der Waals surface area contributed by atoms with Crippen LogP contribution in [0.25, 0.3) is 0 Å². The fourth-order valence-electron chi connectivity index (χ4n) is 2.88. The lowest BCUT2D eigenvalue weighted by Gasteiger charge is -2.34. The zero-order chi connectivity index (χ0) is 18.2. The molecule has 1 aromatic heterocycles. The molecular weight excluding hydrogens is 401 g/mol. The summed E-state index contributed by atoms with van der Waals surface area (Å²) in [6, 6.07) is 3.45. The normalized spacial score (nSPS) is 18.3. The minimum atomic E-state index is -3.88. The zero-order valence-electron chi connectivity index (χ0n) is 13.9. The van der Waals surface area contributed by atoms with Crippen LogP contribution < -0.4 is 11.1 Å². The Labute approximate surface area is 162 Å². The van der Waals surface area contributed by atoms with Crippen LogP contribution in [0.15, 0.2) is 35.5 Å². The van der Waals surface area contributed by atoms with E-state index in [1.807, 2.05) is 7.05 Å². The Morgan fingerprint density at radius 2 is 2.12 bits per heavy atom. The van der Waals surface area contributed by atoms with Crippen molar-refractivity contribution in [3.63, 3.8) is 0 Å². The number of piperazine rings is 1. The first-order chi connectivity index (χ1) is 11.8. The molecular formula is C15H19Cl2N5O3S. The first-order valence-electron chi connectivity index (χ1n) is 7.61. The summed E-state index contributed by atoms with van der Waals surface area (Å²) in [5.41, 5.74) is 5.32. The third-order valence-electron chi connectivity index (χ3n) is 4.11. The van der Waals surface area contributed by atoms with Gasteiger partial charge in [0.2, 0.25) is 15.9 Å². The molecule has 1 aliphatic heterocycles. The SMILES string of the molecule is Cl.Cn1ccnc1C1CNCCN1S(=O)(=O)c1cc(Cl)cc(C(N)=O)c1. The van der Waals surface area contributed by atoms with E-state index in [4.69, 9.17) is 17.3 Å². The van der Waals surface area contributed by atoms with Gasteiger partial charge in [-0.2, -0.15) is 4.31 Å². The second-order valence-corrected chi connectivity index (χ2v) is 8.10. The Bertz CT molecular complexity index is 916. The van der Waals surface area contributed by atoms with Gasteiger partial charge in [-0.15, -0.1) is 12.4 Å². The van der Waals surface area contributed by atoms with Crippen LogP contribution in [0, 0.1) is 0 Å². The van der Waals surface area contributed by atoms with Crippen molar-refractivity contribution in [3.05, 3.63) is 47.0 Å². The summed E-state index contributed by atoms with van der Waals surface area (Å²) < 4.78 is 29.5. The molecule has 1 fully saturated rings. The van der Waals surface area contributed by atoms with E-state index in [0.717, 1.165) is 0 Å². The zero-order valence-corrected chi connectivity index (χ0v) is 16.3. The molecule has 2 heterocycles. The molecule has 1 aliphatic rings. The molecule has 1 unspecified atom stereocenters. The van der Waals surface area contributed by atoms with Crippen molar-refractivity contribution >= 4 is 39.9 Å². The van der Waals surface area contributed by atoms with Crippen molar-refractivity contribution in [2.24, 2.45) is 12.8 Å². The summed E-state index contributed by atoms with van der Waals surface area (Å²) in [5, 5.41) is 3.32. The molecule has 1 aromatic carbocycles. The number of aromatic nitrogens is 2. The maximum Gasteiger partial charge on any atom is 0.248 e. The molecule has 0 saturated carbocycles. The number of hydrogen-bond donors (Lipinski definition) is 2. The lowest BCUT2D eigenvalue weighted by Crippen LogP contribution is -2.49. The van der Waals surface area contributed by atoms with Crippen LogP contribution in [0.5, 0.6) is 0 Å². The van der Waals surface area contributed by atoms with E-state index in [2.05, 4.69) is 10.3 Å². The number of nitrogens with one attached hydrogen (secondary N) is 1. The second-order valence-electron chi connectivity index (χ2n) is 5.77. The van der Waals surface area contributed by atoms with Crippen molar-refractivity contribution in [1.29, 1.82) is 0 Å². The van der Waals surface area contributed by atoms with Gasteiger partial charge in [0.05, 0.1) is 10.9 Å². The molecule has 8 nitrogen and oxygen atoms in total. The maximum absolute atomic E-state index is 13.2. The molecule has 11 heteroatoms. The van der Waals surface area contributed by atoms with Gasteiger partial charge >= 0.3 is 0 Å². The Morgan fingerprint density at radius 1 is 1.38 bits per heavy atom. The number of halogens is 2. The van der Waals surface area contributed by atoms with E-state index in [1.54, 1.807) is 17.0 Å². The van der Waals surface area contributed by atoms with Gasteiger partial charge in [0.1, 0.15) is 5.82 Å². The molecule has 1 atom stereocenters. The van der Waals surface area contributed by atoms with Gasteiger partial charge in [0.25, 0.3) is 0 Å². The average Bonchev–Trinajstić information content (AvgIpc) is 3.00. The molecule has 3 N–H and O–H groups in total. The van der Waals surface area contributed by atoms with Crippen LogP contribution in [0.4, 0.5) is 0 Å². The highest BCUT2D eigenvalue weighted by Crippen LogP contribution is 2.29. The monoisotopic (exact) mass is 419 g/mol. The molecule has 1 saturated heterocycles. The molecule has 0 bridgehead atoms. The van der Waals surface area contributed by atoms with E-state index < -0.39 is 22.0 Å². The van der Waals surface area contributed by atoms with Crippen molar-refractivity contribution in [2.45, 2.75) is 10.9 Å². The topological polar surface area (TPSA) is 110 Å². The van der Waals surface area contributed by atoms with Crippen LogP contribution in [0.2, 0.25) is 5.02 Å². The summed E-state index contributed by atoms with van der Waals surface area (Å²) in [6.45, 7) is 1.23. The Kier molecular flexibility index (Phi) is 6.30. The van der Waals surface area contributed by atoms with Gasteiger partial charge in [-0.3, -0.25) is 4.79 Å². The highest BCUT2D eigenvalue weighted by molar-refractivity contribution is 7.89. The summed E-state index contributed by atoms with van der Waals surface area (Å²) >= 11 is 5.98. The number of rotatable bonds is 4. The van der Waals surface area contributed by atoms with Gasteiger partial charge in [0, 0.05) is 49.7 Å². The quantitative estimate of drug-likeness (QED) is 0.765. The van der Waals surface area contributed by atoms with Gasteiger partial charge < -0.3 is 15.6 Å². The van der Waals surface area contributed by atoms with Crippen LogP contribution in [-0.2, 0) is 17.1 Å². The standard InChI is InChI=1S/C15H18ClN5O3S.ClH/c1-20-4-3-19-15(20)13-9-18-2-5-21(13)25(23,24)12-7-10(14(17)22)6-11(16)8-12;/h3-4,6-8,13,18H,2,5,9H2,1H3,(H2,17,22);1H. The van der Waals surface area contributed by atoms with Crippen molar-refractivity contribution in [3.8, 4) is 0 Å². The minimum absolute atomic E-state index is 0. The van der Waals surface area contributed by atoms with Gasteiger partial charge in [0.15, 0.2) is 0 Å². The summed E-state index contributed by atoms with van der Waals surface area (Å²) in [6.07, 6.45) is 3.39. The molecule has 2 aromatic rings. The number of benzene rings is 1. The first-order valence-corrected chi connectivity index (χ1v) is 9.42. The van der Waals surface area contributed by atoms with Crippen LogP contribution in [0.1, 0.15) is 22.2 Å². The first kappa shape index (κ1) is 20.7. The van der Waals surface area contributed by atoms with Crippen molar-refractivity contribution in [1.82, 2.24) is 19.2 Å². The number of carbonyl (C=O) groups excluding carboxylic acids is 1. The third-order valence-corrected chi connectivity index (χ3v) is 6.22. The van der Waals surface area contributed by atoms with E-state index in [0.29, 0.717) is 18.9 Å². The summed E-state index contributed by atoms with van der Waals surface area (Å²) in [5.74, 6) is -0.104. The number of hydrogen-bond acceptors (Lipinski definition) is 5. The predicted molar refractivity (Wildman–Crippen MR) is 99.9 cm³/mol. The van der Waals surface area contributed by atoms with E-state index in [-0.39, 0.29) is 34.4 Å². The lowest BCUT2D eigenvalue weighted by molar-refractivity contribution is 0.1000. The molecule has 0 spiro atoms. The molecule has 1 amide bonds. The summed E-state index contributed by atoms with van der Waals surface area (Å²) in [4.78, 5) is 15.7. The molecule has 0 radical (unpaired) electrons. The number of sulfonamides is 1. The van der Waals surface area contributed by atoms with Crippen LogP contribution >= 0.6 is 24.0 Å². The highest BCUT2D eigenvalue weighted by Gasteiger charge is 2.36. The van der Waals surface area contributed by atoms with E-state index >= 15 is 0 Å². The molecule has 26 heavy (non-hydrogen) atoms. The van der Waals surface area contributed by atoms with Crippen LogP contribution in [-0.4, -0.2) is 47.8 Å². The number of carbonyl (C=O) groups is 1. The van der Waals surface area contributed by atoms with Gasteiger partial charge in [-0.1, -0.05) is 11.6 Å². The fourth-order valence-corrected chi connectivity index (χ4v) is 4.84. The number of primary amides is 1. The molecule has 3 rings (SSSR count). The number of aryl methyl sites for hydroxylation is 1. The highest BCUT2D eigenvalue weighted by atomic mass is 35.5. The number of amides is 1. The van der Waals surface area contributed by atoms with Gasteiger partial charge in [-0.05, 0) is 18.2 Å².